The van der Waals surface area contributed by atoms with Gasteiger partial charge in [0, 0.05) is 13.9 Å². The number of azide groups is 1. The lowest BCUT2D eigenvalue weighted by atomic mass is 10.2. The molecule has 0 fully saturated rings. The average Bonchev–Trinajstić information content (AvgIpc) is 2.09. The summed E-state index contributed by atoms with van der Waals surface area (Å²) in [4.78, 5) is 13.3. The van der Waals surface area contributed by atoms with Crippen LogP contribution in [-0.4, -0.2) is 11.1 Å². The summed E-state index contributed by atoms with van der Waals surface area (Å²) in [6.07, 6.45) is 0. The average molecular weight is 321 g/mol. The molecule has 1 rings (SSSR count). The lowest BCUT2D eigenvalue weighted by molar-refractivity contribution is 0.0697. The Bertz CT molecular complexity index is 441. The number of halogens is 2. The molecule has 0 radical (unpaired) electrons. The van der Waals surface area contributed by atoms with Gasteiger partial charge in [0.05, 0.1) is 11.3 Å². The number of carboxylic acid groups (broad SMARTS) is 1. The van der Waals surface area contributed by atoms with Crippen molar-refractivity contribution in [2.45, 2.75) is 0 Å². The zero-order chi connectivity index (χ0) is 10.7. The van der Waals surface area contributed by atoms with Crippen LogP contribution in [0.25, 0.3) is 10.4 Å². The number of hydrogen-bond donors (Lipinski definition) is 1. The van der Waals surface area contributed by atoms with Gasteiger partial charge in [-0.05, 0) is 17.7 Å². The fourth-order valence-electron chi connectivity index (χ4n) is 0.875. The second kappa shape index (κ2) is 4.45. The molecule has 0 spiro atoms. The Morgan fingerprint density at radius 3 is 2.64 bits per heavy atom. The predicted molar refractivity (Wildman–Crippen MR) is 57.6 cm³/mol. The summed E-state index contributed by atoms with van der Waals surface area (Å²) in [5.41, 5.74) is 8.27. The quantitative estimate of drug-likeness (QED) is 0.509. The van der Waals surface area contributed by atoms with Crippen LogP contribution in [0, 0.1) is 0 Å². The van der Waals surface area contributed by atoms with Gasteiger partial charge in [-0.2, -0.15) is 0 Å². The molecule has 0 saturated carbocycles. The van der Waals surface area contributed by atoms with Crippen molar-refractivity contribution in [2.75, 3.05) is 0 Å². The summed E-state index contributed by atoms with van der Waals surface area (Å²) in [6, 6.07) is 2.98. The molecule has 0 unspecified atom stereocenters. The number of rotatable bonds is 2. The van der Waals surface area contributed by atoms with Crippen molar-refractivity contribution in [1.29, 1.82) is 0 Å². The van der Waals surface area contributed by atoms with Gasteiger partial charge in [-0.3, -0.25) is 0 Å². The van der Waals surface area contributed by atoms with Crippen LogP contribution in [0.5, 0.6) is 0 Å². The number of nitrogens with zero attached hydrogens (tertiary/aromatic N) is 3. The van der Waals surface area contributed by atoms with Crippen molar-refractivity contribution in [3.05, 3.63) is 37.1 Å². The topological polar surface area (TPSA) is 86.1 Å². The molecule has 0 aliphatic rings. The molecule has 14 heavy (non-hydrogen) atoms. The molecule has 0 amide bonds. The largest absolute Gasteiger partial charge is 0.478 e. The first kappa shape index (κ1) is 11.0. The zero-order valence-corrected chi connectivity index (χ0v) is 9.78. The van der Waals surface area contributed by atoms with Crippen molar-refractivity contribution in [3.63, 3.8) is 0 Å². The summed E-state index contributed by atoms with van der Waals surface area (Å²) < 4.78 is 1.03. The van der Waals surface area contributed by atoms with Crippen LogP contribution in [0.15, 0.2) is 26.2 Å². The normalized spacial score (nSPS) is 9.29. The molecular weight excluding hydrogens is 318 g/mol. The van der Waals surface area contributed by atoms with Gasteiger partial charge in [0.2, 0.25) is 0 Å². The third-order valence-electron chi connectivity index (χ3n) is 1.40. The molecule has 1 N–H and O–H groups in total. The Hall–Kier alpha value is -1.04. The van der Waals surface area contributed by atoms with E-state index in [0.29, 0.717) is 8.95 Å². The minimum atomic E-state index is -1.14. The van der Waals surface area contributed by atoms with Gasteiger partial charge in [-0.15, -0.1) is 0 Å². The standard InChI is InChI=1S/C7H3Br2N3O2/c8-3-1-4(7(13)14)6(11-12-10)5(9)2-3/h1-2H,(H,13,14). The number of aromatic carboxylic acids is 1. The van der Waals surface area contributed by atoms with Gasteiger partial charge in [-0.1, -0.05) is 37.0 Å². The van der Waals surface area contributed by atoms with Gasteiger partial charge in [0.25, 0.3) is 0 Å². The van der Waals surface area contributed by atoms with Gasteiger partial charge < -0.3 is 5.11 Å². The maximum atomic E-state index is 10.8. The van der Waals surface area contributed by atoms with E-state index in [1.807, 2.05) is 0 Å². The highest BCUT2D eigenvalue weighted by atomic mass is 79.9. The molecule has 5 nitrogen and oxygen atoms in total. The van der Waals surface area contributed by atoms with Crippen molar-refractivity contribution in [1.82, 2.24) is 0 Å². The highest BCUT2D eigenvalue weighted by molar-refractivity contribution is 9.11. The highest BCUT2D eigenvalue weighted by Crippen LogP contribution is 2.33. The van der Waals surface area contributed by atoms with E-state index in [0.717, 1.165) is 0 Å². The first-order valence-electron chi connectivity index (χ1n) is 3.33. The van der Waals surface area contributed by atoms with Crippen LogP contribution in [0.2, 0.25) is 0 Å². The second-order valence-corrected chi connectivity index (χ2v) is 4.05. The van der Waals surface area contributed by atoms with Crippen molar-refractivity contribution < 1.29 is 9.90 Å². The summed E-state index contributed by atoms with van der Waals surface area (Å²) >= 11 is 6.25. The number of carboxylic acids is 1. The Balaban J connectivity index is 3.51. The van der Waals surface area contributed by atoms with Crippen LogP contribution in [0.3, 0.4) is 0 Å². The van der Waals surface area contributed by atoms with Crippen molar-refractivity contribution in [3.8, 4) is 0 Å². The molecule has 1 aromatic carbocycles. The summed E-state index contributed by atoms with van der Waals surface area (Å²) in [6.45, 7) is 0. The van der Waals surface area contributed by atoms with Crippen LogP contribution in [-0.2, 0) is 0 Å². The van der Waals surface area contributed by atoms with Crippen molar-refractivity contribution in [2.24, 2.45) is 5.11 Å². The maximum absolute atomic E-state index is 10.8. The summed E-state index contributed by atoms with van der Waals surface area (Å²) in [5.74, 6) is -1.14. The predicted octanol–water partition coefficient (Wildman–Crippen LogP) is 3.85. The molecule has 7 heteroatoms. The monoisotopic (exact) mass is 319 g/mol. The molecular formula is C7H3Br2N3O2. The lowest BCUT2D eigenvalue weighted by Gasteiger charge is -2.03. The van der Waals surface area contributed by atoms with Gasteiger partial charge in [-0.25, -0.2) is 4.79 Å². The molecule has 0 heterocycles. The maximum Gasteiger partial charge on any atom is 0.336 e. The molecule has 0 saturated heterocycles. The molecule has 0 aliphatic heterocycles. The van der Waals surface area contributed by atoms with E-state index in [2.05, 4.69) is 41.9 Å². The van der Waals surface area contributed by atoms with Crippen LogP contribution in [0.1, 0.15) is 10.4 Å². The third kappa shape index (κ3) is 2.25. The fourth-order valence-corrected chi connectivity index (χ4v) is 2.18. The first-order valence-corrected chi connectivity index (χ1v) is 4.92. The minimum absolute atomic E-state index is 0.0518. The summed E-state index contributed by atoms with van der Waals surface area (Å²) in [5, 5.41) is 12.1. The van der Waals surface area contributed by atoms with Crippen LogP contribution >= 0.6 is 31.9 Å². The van der Waals surface area contributed by atoms with E-state index in [1.54, 1.807) is 6.07 Å². The highest BCUT2D eigenvalue weighted by Gasteiger charge is 2.12. The van der Waals surface area contributed by atoms with Gasteiger partial charge in [0.1, 0.15) is 0 Å². The lowest BCUT2D eigenvalue weighted by Crippen LogP contribution is -1.96. The van der Waals surface area contributed by atoms with Gasteiger partial charge >= 0.3 is 5.97 Å². The van der Waals surface area contributed by atoms with E-state index < -0.39 is 5.97 Å². The Morgan fingerprint density at radius 2 is 2.14 bits per heavy atom. The van der Waals surface area contributed by atoms with Gasteiger partial charge in [0.15, 0.2) is 0 Å². The molecule has 0 aromatic heterocycles. The van der Waals surface area contributed by atoms with E-state index in [-0.39, 0.29) is 11.3 Å². The molecule has 0 aliphatic carbocycles. The van der Waals surface area contributed by atoms with E-state index in [9.17, 15) is 4.79 Å². The zero-order valence-electron chi connectivity index (χ0n) is 6.61. The van der Waals surface area contributed by atoms with E-state index >= 15 is 0 Å². The van der Waals surface area contributed by atoms with Crippen molar-refractivity contribution >= 4 is 43.5 Å². The van der Waals surface area contributed by atoms with E-state index in [1.165, 1.54) is 6.07 Å². The minimum Gasteiger partial charge on any atom is -0.478 e. The summed E-state index contributed by atoms with van der Waals surface area (Å²) in [7, 11) is 0. The molecule has 72 valence electrons. The smallest absolute Gasteiger partial charge is 0.336 e. The Labute approximate surface area is 95.6 Å². The SMILES string of the molecule is [N-]=[N+]=Nc1c(Br)cc(Br)cc1C(=O)O. The number of benzene rings is 1. The Kier molecular flexibility index (Phi) is 3.51. The van der Waals surface area contributed by atoms with Crippen LogP contribution < -0.4 is 0 Å². The van der Waals surface area contributed by atoms with E-state index in [4.69, 9.17) is 10.6 Å². The Morgan fingerprint density at radius 1 is 1.50 bits per heavy atom. The molecule has 0 atom stereocenters. The third-order valence-corrected chi connectivity index (χ3v) is 2.47. The number of carbonyl (C=O) groups is 1. The van der Waals surface area contributed by atoms with Crippen LogP contribution in [0.4, 0.5) is 5.69 Å². The molecule has 0 bridgehead atoms. The first-order chi connectivity index (χ1) is 6.56. The second-order valence-electron chi connectivity index (χ2n) is 2.28. The number of hydrogen-bond acceptors (Lipinski definition) is 2. The molecule has 1 aromatic rings. The fraction of sp³-hybridized carbons (Fsp3) is 0.